The van der Waals surface area contributed by atoms with Crippen molar-refractivity contribution in [1.82, 2.24) is 15.6 Å². The Bertz CT molecular complexity index is 645. The topological polar surface area (TPSA) is 58.5 Å². The van der Waals surface area contributed by atoms with Crippen molar-refractivity contribution in [1.29, 1.82) is 0 Å². The smallest absolute Gasteiger partial charge is 0.191 e. The molecule has 0 saturated carbocycles. The van der Waals surface area contributed by atoms with Crippen LogP contribution >= 0.6 is 11.3 Å². The van der Waals surface area contributed by atoms with Crippen LogP contribution in [0.4, 0.5) is 0 Å². The van der Waals surface area contributed by atoms with Gasteiger partial charge in [-0.25, -0.2) is 9.98 Å². The second-order valence-electron chi connectivity index (χ2n) is 5.47. The molecule has 0 spiro atoms. The Labute approximate surface area is 148 Å². The minimum absolute atomic E-state index is 0.634. The molecule has 24 heavy (non-hydrogen) atoms. The molecule has 6 heteroatoms. The van der Waals surface area contributed by atoms with Crippen LogP contribution in [0.25, 0.3) is 0 Å². The SMILES string of the molecule is CCNC(=NCc1ccc(OC)cc1)NCCc1nc(C)c(C)s1. The molecule has 2 N–H and O–H groups in total. The van der Waals surface area contributed by atoms with E-state index in [1.165, 1.54) is 9.88 Å². The van der Waals surface area contributed by atoms with Crippen molar-refractivity contribution in [2.75, 3.05) is 20.2 Å². The van der Waals surface area contributed by atoms with Gasteiger partial charge in [0.15, 0.2) is 5.96 Å². The van der Waals surface area contributed by atoms with Crippen LogP contribution in [0.3, 0.4) is 0 Å². The molecular weight excluding hydrogens is 320 g/mol. The summed E-state index contributed by atoms with van der Waals surface area (Å²) in [4.78, 5) is 10.5. The second kappa shape index (κ2) is 9.27. The van der Waals surface area contributed by atoms with Crippen molar-refractivity contribution in [3.63, 3.8) is 0 Å². The summed E-state index contributed by atoms with van der Waals surface area (Å²) < 4.78 is 5.17. The Kier molecular flexibility index (Phi) is 7.06. The number of hydrogen-bond donors (Lipinski definition) is 2. The standard InChI is InChI=1S/C18H26N4OS/c1-5-19-18(20-11-10-17-22-13(2)14(3)24-17)21-12-15-6-8-16(23-4)9-7-15/h6-9H,5,10-12H2,1-4H3,(H2,19,20,21). The monoisotopic (exact) mass is 346 g/mol. The van der Waals surface area contributed by atoms with Gasteiger partial charge in [0, 0.05) is 24.4 Å². The highest BCUT2D eigenvalue weighted by Crippen LogP contribution is 2.16. The number of aromatic nitrogens is 1. The summed E-state index contributed by atoms with van der Waals surface area (Å²) in [6.45, 7) is 8.53. The first-order chi connectivity index (χ1) is 11.6. The molecule has 5 nitrogen and oxygen atoms in total. The Hall–Kier alpha value is -2.08. The maximum Gasteiger partial charge on any atom is 0.191 e. The van der Waals surface area contributed by atoms with Crippen LogP contribution in [0.1, 0.15) is 28.1 Å². The molecule has 1 heterocycles. The lowest BCUT2D eigenvalue weighted by Crippen LogP contribution is -2.38. The van der Waals surface area contributed by atoms with Gasteiger partial charge in [-0.3, -0.25) is 0 Å². The largest absolute Gasteiger partial charge is 0.497 e. The molecule has 0 atom stereocenters. The summed E-state index contributed by atoms with van der Waals surface area (Å²) >= 11 is 1.77. The molecule has 0 saturated heterocycles. The van der Waals surface area contributed by atoms with Crippen molar-refractivity contribution in [3.8, 4) is 5.75 Å². The third-order valence-electron chi connectivity index (χ3n) is 3.63. The van der Waals surface area contributed by atoms with E-state index in [1.807, 2.05) is 24.3 Å². The maximum absolute atomic E-state index is 5.17. The fraction of sp³-hybridized carbons (Fsp3) is 0.444. The molecule has 0 aliphatic heterocycles. The van der Waals surface area contributed by atoms with Crippen molar-refractivity contribution >= 4 is 17.3 Å². The Morgan fingerprint density at radius 1 is 1.21 bits per heavy atom. The van der Waals surface area contributed by atoms with Gasteiger partial charge in [0.1, 0.15) is 5.75 Å². The zero-order valence-corrected chi connectivity index (χ0v) is 15.7. The molecule has 1 aromatic heterocycles. The number of ether oxygens (including phenoxy) is 1. The van der Waals surface area contributed by atoms with E-state index in [0.717, 1.165) is 42.5 Å². The summed E-state index contributed by atoms with van der Waals surface area (Å²) in [5.41, 5.74) is 2.29. The average Bonchev–Trinajstić information content (AvgIpc) is 2.91. The number of methoxy groups -OCH3 is 1. The van der Waals surface area contributed by atoms with Crippen molar-refractivity contribution < 1.29 is 4.74 Å². The van der Waals surface area contributed by atoms with E-state index in [4.69, 9.17) is 4.74 Å². The first kappa shape index (κ1) is 18.3. The van der Waals surface area contributed by atoms with Gasteiger partial charge in [-0.1, -0.05) is 12.1 Å². The molecule has 0 bridgehead atoms. The van der Waals surface area contributed by atoms with Crippen LogP contribution in [0.5, 0.6) is 5.75 Å². The van der Waals surface area contributed by atoms with Crippen molar-refractivity contribution in [3.05, 3.63) is 45.4 Å². The number of hydrogen-bond acceptors (Lipinski definition) is 4. The molecule has 0 aliphatic rings. The van der Waals surface area contributed by atoms with Crippen LogP contribution in [0, 0.1) is 13.8 Å². The zero-order valence-electron chi connectivity index (χ0n) is 14.8. The number of nitrogens with one attached hydrogen (secondary N) is 2. The van der Waals surface area contributed by atoms with E-state index >= 15 is 0 Å². The van der Waals surface area contributed by atoms with E-state index in [2.05, 4.69) is 41.4 Å². The molecule has 130 valence electrons. The van der Waals surface area contributed by atoms with E-state index in [1.54, 1.807) is 18.4 Å². The van der Waals surface area contributed by atoms with Crippen LogP contribution in [0.15, 0.2) is 29.3 Å². The van der Waals surface area contributed by atoms with E-state index < -0.39 is 0 Å². The van der Waals surface area contributed by atoms with E-state index in [-0.39, 0.29) is 0 Å². The third-order valence-corrected chi connectivity index (χ3v) is 4.76. The summed E-state index contributed by atoms with van der Waals surface area (Å²) in [5, 5.41) is 7.82. The second-order valence-corrected chi connectivity index (χ2v) is 6.76. The highest BCUT2D eigenvalue weighted by atomic mass is 32.1. The quantitative estimate of drug-likeness (QED) is 0.597. The van der Waals surface area contributed by atoms with Crippen molar-refractivity contribution in [2.24, 2.45) is 4.99 Å². The number of rotatable bonds is 7. The Morgan fingerprint density at radius 3 is 2.54 bits per heavy atom. The Balaban J connectivity index is 1.87. The fourth-order valence-electron chi connectivity index (χ4n) is 2.18. The van der Waals surface area contributed by atoms with Crippen LogP contribution in [-0.2, 0) is 13.0 Å². The summed E-state index contributed by atoms with van der Waals surface area (Å²) in [7, 11) is 1.67. The minimum atomic E-state index is 0.634. The molecular formula is C18H26N4OS. The fourth-order valence-corrected chi connectivity index (χ4v) is 3.11. The highest BCUT2D eigenvalue weighted by molar-refractivity contribution is 7.11. The lowest BCUT2D eigenvalue weighted by atomic mass is 10.2. The number of thiazole rings is 1. The molecule has 1 aromatic carbocycles. The van der Waals surface area contributed by atoms with Gasteiger partial charge in [-0.05, 0) is 38.5 Å². The van der Waals surface area contributed by atoms with Crippen LogP contribution in [0.2, 0.25) is 0 Å². The van der Waals surface area contributed by atoms with Gasteiger partial charge in [0.2, 0.25) is 0 Å². The zero-order chi connectivity index (χ0) is 17.4. The number of aliphatic imine (C=N–C) groups is 1. The predicted molar refractivity (Wildman–Crippen MR) is 101 cm³/mol. The van der Waals surface area contributed by atoms with Gasteiger partial charge in [0.05, 0.1) is 24.4 Å². The highest BCUT2D eigenvalue weighted by Gasteiger charge is 2.04. The first-order valence-electron chi connectivity index (χ1n) is 8.20. The van der Waals surface area contributed by atoms with E-state index in [0.29, 0.717) is 6.54 Å². The van der Waals surface area contributed by atoms with Gasteiger partial charge in [-0.15, -0.1) is 11.3 Å². The normalized spacial score (nSPS) is 11.4. The molecule has 0 fully saturated rings. The Morgan fingerprint density at radius 2 is 1.96 bits per heavy atom. The molecule has 0 aliphatic carbocycles. The maximum atomic E-state index is 5.17. The lowest BCUT2D eigenvalue weighted by molar-refractivity contribution is 0.414. The number of benzene rings is 1. The summed E-state index contributed by atoms with van der Waals surface area (Å²) in [6.07, 6.45) is 0.909. The van der Waals surface area contributed by atoms with Gasteiger partial charge < -0.3 is 15.4 Å². The van der Waals surface area contributed by atoms with Crippen LogP contribution < -0.4 is 15.4 Å². The lowest BCUT2D eigenvalue weighted by Gasteiger charge is -2.10. The molecule has 2 aromatic rings. The molecule has 0 unspecified atom stereocenters. The van der Waals surface area contributed by atoms with Crippen LogP contribution in [-0.4, -0.2) is 31.1 Å². The van der Waals surface area contributed by atoms with Gasteiger partial charge >= 0.3 is 0 Å². The number of guanidine groups is 1. The molecule has 0 radical (unpaired) electrons. The summed E-state index contributed by atoms with van der Waals surface area (Å²) in [6, 6.07) is 7.98. The third kappa shape index (κ3) is 5.53. The molecule has 2 rings (SSSR count). The van der Waals surface area contributed by atoms with Crippen molar-refractivity contribution in [2.45, 2.75) is 33.7 Å². The minimum Gasteiger partial charge on any atom is -0.497 e. The molecule has 0 amide bonds. The first-order valence-corrected chi connectivity index (χ1v) is 9.02. The van der Waals surface area contributed by atoms with Gasteiger partial charge in [-0.2, -0.15) is 0 Å². The number of aryl methyl sites for hydroxylation is 2. The predicted octanol–water partition coefficient (Wildman–Crippen LogP) is 3.07. The number of nitrogens with zero attached hydrogens (tertiary/aromatic N) is 2. The summed E-state index contributed by atoms with van der Waals surface area (Å²) in [5.74, 6) is 1.69. The average molecular weight is 347 g/mol. The van der Waals surface area contributed by atoms with Gasteiger partial charge in [0.25, 0.3) is 0 Å². The van der Waals surface area contributed by atoms with E-state index in [9.17, 15) is 0 Å².